The molecule has 0 unspecified atom stereocenters. The molecule has 0 amide bonds. The van der Waals surface area contributed by atoms with Gasteiger partial charge in [0.05, 0.1) is 22.9 Å². The van der Waals surface area contributed by atoms with Crippen molar-refractivity contribution in [1.29, 1.82) is 0 Å². The van der Waals surface area contributed by atoms with Crippen molar-refractivity contribution in [2.75, 3.05) is 6.61 Å². The molecule has 0 saturated heterocycles. The quantitative estimate of drug-likeness (QED) is 0.624. The smallest absolute Gasteiger partial charge is 0.339 e. The van der Waals surface area contributed by atoms with E-state index in [9.17, 15) is 13.6 Å². The minimum atomic E-state index is -2.84. The fraction of sp³-hybridized carbons (Fsp3) is 0.400. The first-order valence-corrected chi connectivity index (χ1v) is 6.21. The molecule has 0 aromatic carbocycles. The van der Waals surface area contributed by atoms with Crippen LogP contribution in [-0.2, 0) is 10.1 Å². The molecular formula is C10H9BrClF2NO2. The van der Waals surface area contributed by atoms with Gasteiger partial charge in [-0.15, -0.1) is 0 Å². The Morgan fingerprint density at radius 1 is 1.65 bits per heavy atom. The molecule has 7 heteroatoms. The zero-order valence-electron chi connectivity index (χ0n) is 8.84. The second-order valence-corrected chi connectivity index (χ2v) is 3.95. The monoisotopic (exact) mass is 327 g/mol. The van der Waals surface area contributed by atoms with E-state index in [0.717, 1.165) is 0 Å². The fourth-order valence-corrected chi connectivity index (χ4v) is 1.72. The fourth-order valence-electron chi connectivity index (χ4n) is 1.17. The van der Waals surface area contributed by atoms with Gasteiger partial charge in [-0.3, -0.25) is 0 Å². The highest BCUT2D eigenvalue weighted by atomic mass is 79.9. The third-order valence-electron chi connectivity index (χ3n) is 1.88. The lowest BCUT2D eigenvalue weighted by atomic mass is 10.2. The maximum atomic E-state index is 12.7. The molecule has 1 aromatic heterocycles. The summed E-state index contributed by atoms with van der Waals surface area (Å²) in [7, 11) is 0. The molecule has 0 saturated carbocycles. The minimum absolute atomic E-state index is 0.0896. The van der Waals surface area contributed by atoms with Crippen LogP contribution in [0.25, 0.3) is 0 Å². The van der Waals surface area contributed by atoms with E-state index in [1.54, 1.807) is 6.92 Å². The van der Waals surface area contributed by atoms with E-state index in [4.69, 9.17) is 16.3 Å². The summed E-state index contributed by atoms with van der Waals surface area (Å²) in [5, 5.41) is -0.112. The van der Waals surface area contributed by atoms with E-state index in [2.05, 4.69) is 20.9 Å². The summed E-state index contributed by atoms with van der Waals surface area (Å²) < 4.78 is 30.0. The zero-order chi connectivity index (χ0) is 13.0. The highest BCUT2D eigenvalue weighted by Gasteiger charge is 2.22. The van der Waals surface area contributed by atoms with Crippen molar-refractivity contribution in [3.05, 3.63) is 28.0 Å². The first kappa shape index (κ1) is 14.3. The Bertz CT molecular complexity index is 429. The Morgan fingerprint density at radius 2 is 2.29 bits per heavy atom. The summed E-state index contributed by atoms with van der Waals surface area (Å²) in [4.78, 5) is 15.2. The molecule has 0 spiro atoms. The SMILES string of the molecule is CCOC(=O)c1cc(CBr)nc(C(F)F)c1Cl. The van der Waals surface area contributed by atoms with E-state index >= 15 is 0 Å². The molecule has 0 fully saturated rings. The molecule has 3 nitrogen and oxygen atoms in total. The Labute approximate surface area is 110 Å². The predicted octanol–water partition coefficient (Wildman–Crippen LogP) is 3.74. The number of hydrogen-bond acceptors (Lipinski definition) is 3. The lowest BCUT2D eigenvalue weighted by Crippen LogP contribution is -2.09. The minimum Gasteiger partial charge on any atom is -0.462 e. The van der Waals surface area contributed by atoms with Gasteiger partial charge in [-0.25, -0.2) is 18.6 Å². The number of pyridine rings is 1. The molecule has 0 aliphatic rings. The van der Waals surface area contributed by atoms with Gasteiger partial charge in [-0.05, 0) is 13.0 Å². The van der Waals surface area contributed by atoms with E-state index in [-0.39, 0.29) is 22.5 Å². The van der Waals surface area contributed by atoms with Gasteiger partial charge >= 0.3 is 5.97 Å². The van der Waals surface area contributed by atoms with Crippen LogP contribution in [-0.4, -0.2) is 17.6 Å². The van der Waals surface area contributed by atoms with Crippen molar-refractivity contribution >= 4 is 33.5 Å². The number of nitrogens with zero attached hydrogens (tertiary/aromatic N) is 1. The molecular weight excluding hydrogens is 319 g/mol. The van der Waals surface area contributed by atoms with Crippen LogP contribution in [0.3, 0.4) is 0 Å². The van der Waals surface area contributed by atoms with Crippen LogP contribution >= 0.6 is 27.5 Å². The number of hydrogen-bond donors (Lipinski definition) is 0. The maximum absolute atomic E-state index is 12.7. The summed E-state index contributed by atoms with van der Waals surface area (Å²) in [6.45, 7) is 1.76. The molecule has 0 bridgehead atoms. The molecule has 1 rings (SSSR count). The second kappa shape index (κ2) is 6.26. The molecule has 0 radical (unpaired) electrons. The van der Waals surface area contributed by atoms with Crippen molar-refractivity contribution in [3.63, 3.8) is 0 Å². The van der Waals surface area contributed by atoms with Crippen molar-refractivity contribution < 1.29 is 18.3 Å². The van der Waals surface area contributed by atoms with Crippen LogP contribution in [0.15, 0.2) is 6.07 Å². The summed E-state index contributed by atoms with van der Waals surface area (Å²) in [6.07, 6.45) is -2.84. The number of halogens is 4. The summed E-state index contributed by atoms with van der Waals surface area (Å²) in [5.74, 6) is -0.732. The van der Waals surface area contributed by atoms with Gasteiger partial charge < -0.3 is 4.74 Å². The highest BCUT2D eigenvalue weighted by molar-refractivity contribution is 9.08. The van der Waals surface area contributed by atoms with Gasteiger partial charge in [-0.2, -0.15) is 0 Å². The normalized spacial score (nSPS) is 10.7. The van der Waals surface area contributed by atoms with Crippen LogP contribution in [0.4, 0.5) is 8.78 Å². The van der Waals surface area contributed by atoms with Gasteiger partial charge in [0.15, 0.2) is 0 Å². The van der Waals surface area contributed by atoms with Crippen molar-refractivity contribution in [3.8, 4) is 0 Å². The van der Waals surface area contributed by atoms with Crippen LogP contribution in [0, 0.1) is 0 Å². The molecule has 1 aromatic rings. The van der Waals surface area contributed by atoms with Gasteiger partial charge in [0, 0.05) is 5.33 Å². The Morgan fingerprint density at radius 3 is 2.76 bits per heavy atom. The van der Waals surface area contributed by atoms with E-state index in [1.165, 1.54) is 6.07 Å². The largest absolute Gasteiger partial charge is 0.462 e. The Balaban J connectivity index is 3.28. The van der Waals surface area contributed by atoms with E-state index < -0.39 is 18.1 Å². The molecule has 94 valence electrons. The van der Waals surface area contributed by atoms with Gasteiger partial charge in [-0.1, -0.05) is 27.5 Å². The van der Waals surface area contributed by atoms with Crippen LogP contribution in [0.1, 0.15) is 35.1 Å². The number of carbonyl (C=O) groups excluding carboxylic acids is 1. The van der Waals surface area contributed by atoms with E-state index in [0.29, 0.717) is 5.69 Å². The number of alkyl halides is 3. The first-order valence-electron chi connectivity index (χ1n) is 4.71. The van der Waals surface area contributed by atoms with Crippen LogP contribution < -0.4 is 0 Å². The average Bonchev–Trinajstić information content (AvgIpc) is 2.29. The van der Waals surface area contributed by atoms with Gasteiger partial charge in [0.1, 0.15) is 5.69 Å². The second-order valence-electron chi connectivity index (χ2n) is 3.02. The standard InChI is InChI=1S/C10H9BrClF2NO2/c1-2-17-10(16)6-3-5(4-11)15-8(7(6)12)9(13)14/h3,9H,2,4H2,1H3. The lowest BCUT2D eigenvalue weighted by molar-refractivity contribution is 0.0525. The molecule has 0 aliphatic heterocycles. The van der Waals surface area contributed by atoms with Crippen molar-refractivity contribution in [1.82, 2.24) is 4.98 Å². The van der Waals surface area contributed by atoms with Crippen LogP contribution in [0.2, 0.25) is 5.02 Å². The number of carbonyl (C=O) groups is 1. The number of rotatable bonds is 4. The number of aromatic nitrogens is 1. The molecule has 0 aliphatic carbocycles. The third-order valence-corrected chi connectivity index (χ3v) is 2.85. The Kier molecular flexibility index (Phi) is 5.27. The molecule has 17 heavy (non-hydrogen) atoms. The summed E-state index contributed by atoms with van der Waals surface area (Å²) in [6, 6.07) is 1.33. The highest BCUT2D eigenvalue weighted by Crippen LogP contribution is 2.29. The zero-order valence-corrected chi connectivity index (χ0v) is 11.2. The van der Waals surface area contributed by atoms with Crippen LogP contribution in [0.5, 0.6) is 0 Å². The van der Waals surface area contributed by atoms with Gasteiger partial charge in [0.25, 0.3) is 6.43 Å². The van der Waals surface area contributed by atoms with Crippen molar-refractivity contribution in [2.24, 2.45) is 0 Å². The van der Waals surface area contributed by atoms with Gasteiger partial charge in [0.2, 0.25) is 0 Å². The Hall–Kier alpha value is -0.750. The molecule has 1 heterocycles. The number of ether oxygens (including phenoxy) is 1. The third kappa shape index (κ3) is 3.35. The van der Waals surface area contributed by atoms with E-state index in [1.807, 2.05) is 0 Å². The predicted molar refractivity (Wildman–Crippen MR) is 62.8 cm³/mol. The topological polar surface area (TPSA) is 39.2 Å². The molecule has 0 atom stereocenters. The first-order chi connectivity index (χ1) is 8.01. The average molecular weight is 329 g/mol. The van der Waals surface area contributed by atoms with Crippen molar-refractivity contribution in [2.45, 2.75) is 18.7 Å². The number of esters is 1. The summed E-state index contributed by atoms with van der Waals surface area (Å²) in [5.41, 5.74) is -0.396. The molecule has 0 N–H and O–H groups in total. The summed E-state index contributed by atoms with van der Waals surface area (Å²) >= 11 is 8.79. The lowest BCUT2D eigenvalue weighted by Gasteiger charge is -2.09. The maximum Gasteiger partial charge on any atom is 0.339 e.